The molecule has 0 spiro atoms. The summed E-state index contributed by atoms with van der Waals surface area (Å²) in [6, 6.07) is 17.9. The van der Waals surface area contributed by atoms with Crippen molar-refractivity contribution in [1.29, 1.82) is 0 Å². The maximum Gasteiger partial charge on any atom is 0.169 e. The number of aliphatic hydroxyl groups is 1. The zero-order valence-corrected chi connectivity index (χ0v) is 12.6. The second-order valence-electron chi connectivity index (χ2n) is 5.28. The predicted octanol–water partition coefficient (Wildman–Crippen LogP) is 4.44. The smallest absolute Gasteiger partial charge is 0.169 e. The second-order valence-corrected chi connectivity index (χ2v) is 5.28. The number of phenols is 1. The zero-order valence-electron chi connectivity index (χ0n) is 12.6. The maximum atomic E-state index is 10.2. The SMILES string of the molecule is Oc1cc(C(O)CCc2ccco2)ccc1Oc1ccccc1. The minimum absolute atomic E-state index is 0.00315. The van der Waals surface area contributed by atoms with Gasteiger partial charge in [-0.3, -0.25) is 0 Å². The van der Waals surface area contributed by atoms with Gasteiger partial charge in [-0.15, -0.1) is 0 Å². The highest BCUT2D eigenvalue weighted by Gasteiger charge is 2.12. The molecule has 1 unspecified atom stereocenters. The van der Waals surface area contributed by atoms with Crippen LogP contribution in [0.1, 0.15) is 23.8 Å². The normalized spacial score (nSPS) is 12.0. The molecule has 0 fully saturated rings. The van der Waals surface area contributed by atoms with Crippen LogP contribution in [0.15, 0.2) is 71.3 Å². The second kappa shape index (κ2) is 7.03. The van der Waals surface area contributed by atoms with E-state index in [0.717, 1.165) is 5.76 Å². The van der Waals surface area contributed by atoms with Crippen LogP contribution in [-0.2, 0) is 6.42 Å². The number of rotatable bonds is 6. The molecule has 3 rings (SSSR count). The number of phenolic OH excluding ortho intramolecular Hbond substituents is 1. The fraction of sp³-hybridized carbons (Fsp3) is 0.158. The summed E-state index contributed by atoms with van der Waals surface area (Å²) in [5.41, 5.74) is 0.648. The van der Waals surface area contributed by atoms with Crippen LogP contribution in [0.25, 0.3) is 0 Å². The van der Waals surface area contributed by atoms with Gasteiger partial charge in [0.25, 0.3) is 0 Å². The molecule has 3 aromatic rings. The van der Waals surface area contributed by atoms with Gasteiger partial charge in [0.1, 0.15) is 11.5 Å². The number of aromatic hydroxyl groups is 1. The van der Waals surface area contributed by atoms with Crippen molar-refractivity contribution in [1.82, 2.24) is 0 Å². The summed E-state index contributed by atoms with van der Waals surface area (Å²) in [6.07, 6.45) is 2.10. The fourth-order valence-electron chi connectivity index (χ4n) is 2.34. The largest absolute Gasteiger partial charge is 0.504 e. The third-order valence-corrected chi connectivity index (χ3v) is 3.58. The number of benzene rings is 2. The monoisotopic (exact) mass is 310 g/mol. The number of aryl methyl sites for hydroxylation is 1. The van der Waals surface area contributed by atoms with Crippen molar-refractivity contribution >= 4 is 0 Å². The number of furan rings is 1. The Kier molecular flexibility index (Phi) is 4.64. The van der Waals surface area contributed by atoms with Crippen molar-refractivity contribution in [2.75, 3.05) is 0 Å². The summed E-state index contributed by atoms with van der Waals surface area (Å²) < 4.78 is 10.9. The molecule has 0 amide bonds. The topological polar surface area (TPSA) is 62.8 Å². The van der Waals surface area contributed by atoms with E-state index < -0.39 is 6.10 Å². The predicted molar refractivity (Wildman–Crippen MR) is 86.6 cm³/mol. The van der Waals surface area contributed by atoms with Gasteiger partial charge in [0, 0.05) is 6.42 Å². The van der Waals surface area contributed by atoms with Crippen molar-refractivity contribution in [2.45, 2.75) is 18.9 Å². The number of hydrogen-bond donors (Lipinski definition) is 2. The van der Waals surface area contributed by atoms with E-state index in [-0.39, 0.29) is 5.75 Å². The lowest BCUT2D eigenvalue weighted by molar-refractivity contribution is 0.165. The molecule has 2 N–H and O–H groups in total. The highest BCUT2D eigenvalue weighted by Crippen LogP contribution is 2.33. The Labute approximate surface area is 134 Å². The van der Waals surface area contributed by atoms with Gasteiger partial charge in [-0.25, -0.2) is 0 Å². The van der Waals surface area contributed by atoms with Crippen LogP contribution in [0.2, 0.25) is 0 Å². The first-order valence-corrected chi connectivity index (χ1v) is 7.48. The van der Waals surface area contributed by atoms with Crippen molar-refractivity contribution < 1.29 is 19.4 Å². The minimum Gasteiger partial charge on any atom is -0.504 e. The Morgan fingerprint density at radius 2 is 1.83 bits per heavy atom. The van der Waals surface area contributed by atoms with E-state index in [4.69, 9.17) is 9.15 Å². The summed E-state index contributed by atoms with van der Waals surface area (Å²) in [4.78, 5) is 0. The molecule has 0 aliphatic heterocycles. The number of hydrogen-bond acceptors (Lipinski definition) is 4. The first-order valence-electron chi connectivity index (χ1n) is 7.48. The van der Waals surface area contributed by atoms with Gasteiger partial charge in [-0.1, -0.05) is 24.3 Å². The quantitative estimate of drug-likeness (QED) is 0.706. The maximum absolute atomic E-state index is 10.2. The highest BCUT2D eigenvalue weighted by molar-refractivity contribution is 5.44. The lowest BCUT2D eigenvalue weighted by Crippen LogP contribution is -1.99. The molecule has 0 saturated carbocycles. The molecule has 0 radical (unpaired) electrons. The molecule has 1 heterocycles. The molecule has 23 heavy (non-hydrogen) atoms. The third-order valence-electron chi connectivity index (χ3n) is 3.58. The van der Waals surface area contributed by atoms with Crippen LogP contribution >= 0.6 is 0 Å². The fourth-order valence-corrected chi connectivity index (χ4v) is 2.34. The van der Waals surface area contributed by atoms with Crippen molar-refractivity contribution in [3.05, 3.63) is 78.3 Å². The Morgan fingerprint density at radius 3 is 2.52 bits per heavy atom. The lowest BCUT2D eigenvalue weighted by atomic mass is 10.0. The van der Waals surface area contributed by atoms with E-state index in [2.05, 4.69) is 0 Å². The summed E-state index contributed by atoms with van der Waals surface area (Å²) in [6.45, 7) is 0. The third kappa shape index (κ3) is 3.93. The molecule has 1 atom stereocenters. The van der Waals surface area contributed by atoms with Crippen LogP contribution in [0, 0.1) is 0 Å². The van der Waals surface area contributed by atoms with Crippen molar-refractivity contribution in [3.8, 4) is 17.2 Å². The van der Waals surface area contributed by atoms with E-state index in [1.54, 1.807) is 18.4 Å². The Bertz CT molecular complexity index is 735. The number of aliphatic hydroxyl groups excluding tert-OH is 1. The Hall–Kier alpha value is -2.72. The van der Waals surface area contributed by atoms with Crippen molar-refractivity contribution in [2.24, 2.45) is 0 Å². The summed E-state index contributed by atoms with van der Waals surface area (Å²) in [7, 11) is 0. The Morgan fingerprint density at radius 1 is 1.00 bits per heavy atom. The first kappa shape index (κ1) is 15.2. The molecule has 0 saturated heterocycles. The van der Waals surface area contributed by atoms with E-state index in [9.17, 15) is 10.2 Å². The lowest BCUT2D eigenvalue weighted by Gasteiger charge is -2.13. The zero-order chi connectivity index (χ0) is 16.1. The average Bonchev–Trinajstić information content (AvgIpc) is 3.09. The summed E-state index contributed by atoms with van der Waals surface area (Å²) in [5.74, 6) is 1.84. The Balaban J connectivity index is 1.66. The molecule has 2 aromatic carbocycles. The molecule has 0 aliphatic rings. The van der Waals surface area contributed by atoms with Crippen molar-refractivity contribution in [3.63, 3.8) is 0 Å². The molecule has 0 bridgehead atoms. The van der Waals surface area contributed by atoms with Crippen LogP contribution in [0.5, 0.6) is 17.2 Å². The van der Waals surface area contributed by atoms with Crippen LogP contribution in [-0.4, -0.2) is 10.2 Å². The van der Waals surface area contributed by atoms with Gasteiger partial charge in [-0.05, 0) is 48.4 Å². The van der Waals surface area contributed by atoms with Gasteiger partial charge in [0.05, 0.1) is 12.4 Å². The standard InChI is InChI=1S/C19H18O4/c20-17(10-9-15-7-4-12-22-15)14-8-11-19(18(21)13-14)23-16-5-2-1-3-6-16/h1-8,11-13,17,20-21H,9-10H2. The van der Waals surface area contributed by atoms with Crippen LogP contribution in [0.3, 0.4) is 0 Å². The molecule has 1 aromatic heterocycles. The van der Waals surface area contributed by atoms with E-state index >= 15 is 0 Å². The molecule has 118 valence electrons. The first-order chi connectivity index (χ1) is 11.2. The van der Waals surface area contributed by atoms with Crippen LogP contribution < -0.4 is 4.74 Å². The molecular formula is C19H18O4. The molecule has 4 heteroatoms. The average molecular weight is 310 g/mol. The summed E-state index contributed by atoms with van der Waals surface area (Å²) in [5, 5.41) is 20.3. The van der Waals surface area contributed by atoms with Gasteiger partial charge >= 0.3 is 0 Å². The van der Waals surface area contributed by atoms with Gasteiger partial charge in [-0.2, -0.15) is 0 Å². The molecule has 0 aliphatic carbocycles. The van der Waals surface area contributed by atoms with Gasteiger partial charge < -0.3 is 19.4 Å². The highest BCUT2D eigenvalue weighted by atomic mass is 16.5. The molecular weight excluding hydrogens is 292 g/mol. The van der Waals surface area contributed by atoms with Crippen LogP contribution in [0.4, 0.5) is 0 Å². The van der Waals surface area contributed by atoms with Gasteiger partial charge in [0.15, 0.2) is 11.5 Å². The molecule has 4 nitrogen and oxygen atoms in total. The van der Waals surface area contributed by atoms with Gasteiger partial charge in [0.2, 0.25) is 0 Å². The number of para-hydroxylation sites is 1. The van der Waals surface area contributed by atoms with E-state index in [0.29, 0.717) is 29.9 Å². The number of ether oxygens (including phenoxy) is 1. The minimum atomic E-state index is -0.670. The summed E-state index contributed by atoms with van der Waals surface area (Å²) >= 11 is 0. The van der Waals surface area contributed by atoms with E-state index in [1.807, 2.05) is 42.5 Å². The van der Waals surface area contributed by atoms with E-state index in [1.165, 1.54) is 6.07 Å².